The van der Waals surface area contributed by atoms with Gasteiger partial charge in [0.1, 0.15) is 0 Å². The zero-order valence-electron chi connectivity index (χ0n) is 16.4. The van der Waals surface area contributed by atoms with E-state index in [1.54, 1.807) is 0 Å². The third kappa shape index (κ3) is 3.24. The molecule has 0 aliphatic heterocycles. The maximum absolute atomic E-state index is 3.50. The molecular weight excluding hydrogens is 445 g/mol. The molecule has 0 aliphatic rings. The molecule has 0 spiro atoms. The van der Waals surface area contributed by atoms with Gasteiger partial charge in [-0.2, -0.15) is 0 Å². The van der Waals surface area contributed by atoms with E-state index in [9.17, 15) is 0 Å². The first-order chi connectivity index (χ1) is 13.7. The van der Waals surface area contributed by atoms with Crippen molar-refractivity contribution in [1.82, 2.24) is 0 Å². The number of anilines is 1. The molecule has 4 aromatic carbocycles. The van der Waals surface area contributed by atoms with Gasteiger partial charge in [-0.05, 0) is 0 Å². The van der Waals surface area contributed by atoms with Gasteiger partial charge in [-0.15, -0.1) is 0 Å². The zero-order valence-corrected chi connectivity index (χ0v) is 19.3. The number of benzene rings is 4. The molecule has 0 N–H and O–H groups in total. The second-order valence-electron chi connectivity index (χ2n) is 7.26. The van der Waals surface area contributed by atoms with Crippen LogP contribution >= 0.6 is 0 Å². The fourth-order valence-corrected chi connectivity index (χ4v) is 18.6. The Balaban J connectivity index is 2.18. The molecule has 28 heavy (non-hydrogen) atoms. The predicted octanol–water partition coefficient (Wildman–Crippen LogP) is 3.13. The summed E-state index contributed by atoms with van der Waals surface area (Å²) in [5, 5.41) is 0. The average Bonchev–Trinajstić information content (AvgIpc) is 2.77. The van der Waals surface area contributed by atoms with Crippen molar-refractivity contribution in [2.24, 2.45) is 0 Å². The first-order valence-corrected chi connectivity index (χ1v) is 15.4. The van der Waals surface area contributed by atoms with Gasteiger partial charge in [-0.1, -0.05) is 0 Å². The molecule has 0 saturated carbocycles. The fourth-order valence-electron chi connectivity index (χ4n) is 4.21. The van der Waals surface area contributed by atoms with Gasteiger partial charge >= 0.3 is 173 Å². The quantitative estimate of drug-likeness (QED) is 0.406. The Morgan fingerprint density at radius 2 is 0.821 bits per heavy atom. The number of nitrogens with zero attached hydrogens (tertiary/aromatic N) is 1. The van der Waals surface area contributed by atoms with E-state index in [2.05, 4.69) is 134 Å². The Kier molecular flexibility index (Phi) is 5.54. The number of para-hydroxylation sites is 1. The molecular formula is C26H25NSn. The van der Waals surface area contributed by atoms with E-state index in [0.717, 1.165) is 0 Å². The van der Waals surface area contributed by atoms with Gasteiger partial charge < -0.3 is 0 Å². The Morgan fingerprint density at radius 1 is 0.464 bits per heavy atom. The van der Waals surface area contributed by atoms with Crippen molar-refractivity contribution >= 4 is 38.4 Å². The van der Waals surface area contributed by atoms with E-state index in [-0.39, 0.29) is 0 Å². The molecule has 0 unspecified atom stereocenters. The zero-order chi connectivity index (χ0) is 19.4. The summed E-state index contributed by atoms with van der Waals surface area (Å²) in [6, 6.07) is 42.5. The minimum absolute atomic E-state index is 1.31. The Morgan fingerprint density at radius 3 is 1.21 bits per heavy atom. The molecule has 0 bridgehead atoms. The van der Waals surface area contributed by atoms with Gasteiger partial charge in [-0.3, -0.25) is 0 Å². The normalized spacial score (nSPS) is 11.2. The van der Waals surface area contributed by atoms with Gasteiger partial charge in [0, 0.05) is 0 Å². The number of hydrogen-bond acceptors (Lipinski definition) is 1. The third-order valence-electron chi connectivity index (χ3n) is 5.41. The van der Waals surface area contributed by atoms with E-state index in [0.29, 0.717) is 0 Å². The van der Waals surface area contributed by atoms with Gasteiger partial charge in [-0.25, -0.2) is 0 Å². The van der Waals surface area contributed by atoms with Crippen LogP contribution in [0.2, 0.25) is 0 Å². The van der Waals surface area contributed by atoms with Crippen LogP contribution in [0.3, 0.4) is 0 Å². The van der Waals surface area contributed by atoms with Gasteiger partial charge in [0.2, 0.25) is 0 Å². The molecule has 0 heterocycles. The van der Waals surface area contributed by atoms with Crippen LogP contribution in [0, 0.1) is 0 Å². The van der Waals surface area contributed by atoms with Crippen molar-refractivity contribution in [2.75, 3.05) is 19.0 Å². The first-order valence-electron chi connectivity index (χ1n) is 9.68. The van der Waals surface area contributed by atoms with Crippen LogP contribution < -0.4 is 19.2 Å². The number of hydrogen-bond donors (Lipinski definition) is 0. The summed E-state index contributed by atoms with van der Waals surface area (Å²) in [6.45, 7) is 0. The summed E-state index contributed by atoms with van der Waals surface area (Å²) < 4.78 is 5.92. The second kappa shape index (κ2) is 8.24. The maximum atomic E-state index is 2.36. The summed E-state index contributed by atoms with van der Waals surface area (Å²) in [4.78, 5) is 2.26. The van der Waals surface area contributed by atoms with Crippen LogP contribution in [0.1, 0.15) is 0 Å². The minimum atomic E-state index is -3.50. The fraction of sp³-hybridized carbons (Fsp3) is 0.0769. The molecule has 0 aliphatic carbocycles. The summed E-state index contributed by atoms with van der Waals surface area (Å²) in [7, 11) is 4.30. The van der Waals surface area contributed by atoms with E-state index >= 15 is 0 Å². The SMILES string of the molecule is CN(C)c1cccc[c]1[Sn]([c]1ccccc1)([c]1ccccc1)[c]1ccccc1. The first kappa shape index (κ1) is 18.8. The standard InChI is InChI=1S/C8H10N.3C6H5.Sn/c1-9(2)8-6-4-3-5-7-8;3*1-2-4-6-5-3-1;/h3-6H,1-2H3;3*1-5H;. The monoisotopic (exact) mass is 471 g/mol. The summed E-state index contributed by atoms with van der Waals surface area (Å²) >= 11 is -3.50. The van der Waals surface area contributed by atoms with Gasteiger partial charge in [0.05, 0.1) is 0 Å². The average molecular weight is 470 g/mol. The molecule has 138 valence electrons. The van der Waals surface area contributed by atoms with E-state index in [4.69, 9.17) is 0 Å². The second-order valence-corrected chi connectivity index (χ2v) is 18.0. The number of rotatable bonds is 5. The molecule has 4 rings (SSSR count). The molecule has 0 amide bonds. The molecule has 0 fully saturated rings. The van der Waals surface area contributed by atoms with E-state index in [1.807, 2.05) is 0 Å². The Bertz CT molecular complexity index is 931. The topological polar surface area (TPSA) is 3.24 Å². The van der Waals surface area contributed by atoms with Crippen molar-refractivity contribution in [2.45, 2.75) is 0 Å². The van der Waals surface area contributed by atoms with Crippen LogP contribution in [0.15, 0.2) is 115 Å². The van der Waals surface area contributed by atoms with Crippen LogP contribution in [-0.4, -0.2) is 32.5 Å². The molecule has 1 nitrogen and oxygen atoms in total. The van der Waals surface area contributed by atoms with E-state index in [1.165, 1.54) is 20.0 Å². The molecule has 2 heteroatoms. The predicted molar refractivity (Wildman–Crippen MR) is 124 cm³/mol. The van der Waals surface area contributed by atoms with Crippen molar-refractivity contribution in [3.05, 3.63) is 115 Å². The van der Waals surface area contributed by atoms with Crippen molar-refractivity contribution in [3.8, 4) is 0 Å². The van der Waals surface area contributed by atoms with Crippen molar-refractivity contribution < 1.29 is 0 Å². The Labute approximate surface area is 172 Å². The third-order valence-corrected chi connectivity index (χ3v) is 19.2. The van der Waals surface area contributed by atoms with Gasteiger partial charge in [0.15, 0.2) is 0 Å². The summed E-state index contributed by atoms with van der Waals surface area (Å²) in [5.41, 5.74) is 1.31. The molecule has 0 radical (unpaired) electrons. The molecule has 0 aromatic heterocycles. The molecule has 0 saturated heterocycles. The van der Waals surface area contributed by atoms with Gasteiger partial charge in [0.25, 0.3) is 0 Å². The summed E-state index contributed by atoms with van der Waals surface area (Å²) in [5.74, 6) is 0. The summed E-state index contributed by atoms with van der Waals surface area (Å²) in [6.07, 6.45) is 0. The van der Waals surface area contributed by atoms with Crippen LogP contribution in [0.5, 0.6) is 0 Å². The molecule has 0 atom stereocenters. The van der Waals surface area contributed by atoms with Crippen molar-refractivity contribution in [1.29, 1.82) is 0 Å². The van der Waals surface area contributed by atoms with E-state index < -0.39 is 18.4 Å². The molecule has 4 aromatic rings. The van der Waals surface area contributed by atoms with Crippen LogP contribution in [-0.2, 0) is 0 Å². The van der Waals surface area contributed by atoms with Crippen LogP contribution in [0.25, 0.3) is 0 Å². The van der Waals surface area contributed by atoms with Crippen LogP contribution in [0.4, 0.5) is 5.69 Å². The Hall–Kier alpha value is -2.52. The van der Waals surface area contributed by atoms with Crippen molar-refractivity contribution in [3.63, 3.8) is 0 Å².